The van der Waals surface area contributed by atoms with E-state index in [-0.39, 0.29) is 34.5 Å². The van der Waals surface area contributed by atoms with Gasteiger partial charge in [0.1, 0.15) is 35.1 Å². The number of aromatic hydroxyl groups is 2. The Hall–Kier alpha value is -4.04. The zero-order valence-corrected chi connectivity index (χ0v) is 21.3. The van der Waals surface area contributed by atoms with Gasteiger partial charge in [-0.15, -0.1) is 0 Å². The van der Waals surface area contributed by atoms with Crippen molar-refractivity contribution in [3.05, 3.63) is 62.0 Å². The largest absolute Gasteiger partial charge is 0.507 e. The van der Waals surface area contributed by atoms with Gasteiger partial charge in [-0.3, -0.25) is 14.4 Å². The first-order chi connectivity index (χ1) is 18.9. The van der Waals surface area contributed by atoms with Gasteiger partial charge in [0.2, 0.25) is 5.78 Å². The van der Waals surface area contributed by atoms with Crippen LogP contribution in [0.3, 0.4) is 0 Å². The van der Waals surface area contributed by atoms with Crippen molar-refractivity contribution >= 4 is 17.3 Å². The predicted molar refractivity (Wildman–Crippen MR) is 132 cm³/mol. The van der Waals surface area contributed by atoms with E-state index in [1.165, 1.54) is 25.3 Å². The molecular formula is C26H25N3O11. The molecule has 0 spiro atoms. The number of phenolic OH excluding ortho intramolecular Hbond substituents is 2. The Morgan fingerprint density at radius 3 is 2.50 bits per heavy atom. The van der Waals surface area contributed by atoms with Crippen molar-refractivity contribution in [1.29, 1.82) is 0 Å². The second-order valence-electron chi connectivity index (χ2n) is 9.91. The molecule has 2 aromatic carbocycles. The molecule has 2 aliphatic carbocycles. The second-order valence-corrected chi connectivity index (χ2v) is 9.91. The van der Waals surface area contributed by atoms with E-state index in [2.05, 4.69) is 10.0 Å². The van der Waals surface area contributed by atoms with Crippen molar-refractivity contribution in [1.82, 2.24) is 0 Å². The first kappa shape index (κ1) is 27.5. The molecule has 5 N–H and O–H groups in total. The molecule has 14 heteroatoms. The van der Waals surface area contributed by atoms with Crippen LogP contribution in [0.1, 0.15) is 62.4 Å². The molecule has 0 bridgehead atoms. The third kappa shape index (κ3) is 4.01. The van der Waals surface area contributed by atoms with Gasteiger partial charge in [-0.1, -0.05) is 17.2 Å². The molecule has 0 aromatic heterocycles. The average Bonchev–Trinajstić information content (AvgIpc) is 3.19. The number of methoxy groups -OCH3 is 1. The highest BCUT2D eigenvalue weighted by atomic mass is 16.7. The molecule has 1 fully saturated rings. The standard InChI is InChI=1S/C26H25N3O11/c1-9(30)26(37)6-11-16(13(7-26)39-25-24(36)21(33)14(40-25)8-28-29-27)23(35)18-17(20(11)32)19(31)10-4-3-5-12(38-2)15(10)22(18)34/h3-5,13-14,21,24-25,32-33,35-37H,6-8H2,1-2H3. The fraction of sp³-hybridized carbons (Fsp3) is 0.423. The summed E-state index contributed by atoms with van der Waals surface area (Å²) in [5.41, 5.74) is 4.81. The van der Waals surface area contributed by atoms with Crippen molar-refractivity contribution in [3.8, 4) is 17.2 Å². The van der Waals surface area contributed by atoms with E-state index in [0.717, 1.165) is 6.92 Å². The van der Waals surface area contributed by atoms with E-state index in [1.54, 1.807) is 0 Å². The maximum Gasteiger partial charge on any atom is 0.202 e. The number of ketones is 3. The van der Waals surface area contributed by atoms with Crippen molar-refractivity contribution in [2.45, 2.75) is 56.1 Å². The van der Waals surface area contributed by atoms with E-state index < -0.39 is 89.1 Å². The summed E-state index contributed by atoms with van der Waals surface area (Å²) in [6.45, 7) is 0.764. The molecule has 1 saturated heterocycles. The molecule has 1 aliphatic heterocycles. The van der Waals surface area contributed by atoms with Crippen LogP contribution >= 0.6 is 0 Å². The summed E-state index contributed by atoms with van der Waals surface area (Å²) in [6.07, 6.45) is -8.42. The molecule has 3 aliphatic rings. The number of carbonyl (C=O) groups is 3. The maximum absolute atomic E-state index is 13.6. The number of ether oxygens (including phenoxy) is 3. The van der Waals surface area contributed by atoms with Crippen molar-refractivity contribution in [2.75, 3.05) is 13.7 Å². The molecule has 6 atom stereocenters. The number of Topliss-reactive ketones (excluding diaryl/α,β-unsaturated/α-hetero) is 1. The minimum absolute atomic E-state index is 0.0689. The molecule has 0 saturated carbocycles. The Balaban J connectivity index is 1.66. The summed E-state index contributed by atoms with van der Waals surface area (Å²) in [6, 6.07) is 4.31. The topological polar surface area (TPSA) is 229 Å². The highest BCUT2D eigenvalue weighted by molar-refractivity contribution is 6.31. The van der Waals surface area contributed by atoms with Crippen LogP contribution < -0.4 is 4.74 Å². The number of azide groups is 1. The Labute approximate surface area is 226 Å². The lowest BCUT2D eigenvalue weighted by Gasteiger charge is -2.39. The fourth-order valence-electron chi connectivity index (χ4n) is 5.56. The quantitative estimate of drug-likeness (QED) is 0.124. The SMILES string of the molecule is COc1cccc2c1C(=O)c1c(O)c3c(c(O)c1C2=O)CC(O)(C(C)=O)CC3OC1OC(CN=[N+]=[N-])C(O)C1O. The van der Waals surface area contributed by atoms with Gasteiger partial charge in [0.15, 0.2) is 17.9 Å². The molecule has 0 radical (unpaired) electrons. The predicted octanol–water partition coefficient (Wildman–Crippen LogP) is 0.963. The lowest BCUT2D eigenvalue weighted by Crippen LogP contribution is -2.46. The van der Waals surface area contributed by atoms with Gasteiger partial charge in [-0.2, -0.15) is 0 Å². The van der Waals surface area contributed by atoms with Crippen molar-refractivity contribution in [3.63, 3.8) is 0 Å². The number of aliphatic hydroxyl groups is 3. The van der Waals surface area contributed by atoms with Gasteiger partial charge in [0.25, 0.3) is 0 Å². The van der Waals surface area contributed by atoms with E-state index in [4.69, 9.17) is 19.7 Å². The van der Waals surface area contributed by atoms with Crippen molar-refractivity contribution in [2.24, 2.45) is 5.11 Å². The van der Waals surface area contributed by atoms with Crippen LogP contribution in [0.15, 0.2) is 23.3 Å². The number of nitrogens with zero attached hydrogens (tertiary/aromatic N) is 3. The molecule has 40 heavy (non-hydrogen) atoms. The van der Waals surface area contributed by atoms with E-state index >= 15 is 0 Å². The van der Waals surface area contributed by atoms with Gasteiger partial charge in [-0.05, 0) is 18.5 Å². The lowest BCUT2D eigenvalue weighted by molar-refractivity contribution is -0.204. The number of hydrogen-bond acceptors (Lipinski definition) is 12. The Kier molecular flexibility index (Phi) is 6.78. The minimum Gasteiger partial charge on any atom is -0.507 e. The van der Waals surface area contributed by atoms with Crippen LogP contribution in [-0.4, -0.2) is 86.7 Å². The number of benzene rings is 2. The number of phenols is 2. The minimum atomic E-state index is -2.13. The van der Waals surface area contributed by atoms with E-state index in [0.29, 0.717) is 0 Å². The van der Waals surface area contributed by atoms with Crippen molar-refractivity contribution < 1.29 is 54.1 Å². The molecule has 0 amide bonds. The first-order valence-electron chi connectivity index (χ1n) is 12.2. The summed E-state index contributed by atoms with van der Waals surface area (Å²) in [7, 11) is 1.30. The monoisotopic (exact) mass is 555 g/mol. The maximum atomic E-state index is 13.6. The summed E-state index contributed by atoms with van der Waals surface area (Å²) in [4.78, 5) is 42.2. The van der Waals surface area contributed by atoms with Crippen LogP contribution in [0.25, 0.3) is 10.4 Å². The van der Waals surface area contributed by atoms with Gasteiger partial charge >= 0.3 is 0 Å². The normalized spacial score (nSPS) is 28.8. The lowest BCUT2D eigenvalue weighted by atomic mass is 9.72. The number of carbonyl (C=O) groups excluding carboxylic acids is 3. The van der Waals surface area contributed by atoms with Gasteiger partial charge in [0.05, 0.1) is 42.6 Å². The third-order valence-electron chi connectivity index (χ3n) is 7.67. The molecule has 210 valence electrons. The first-order valence-corrected chi connectivity index (χ1v) is 12.2. The number of fused-ring (bicyclic) bond motifs is 3. The molecule has 5 rings (SSSR count). The molecule has 6 unspecified atom stereocenters. The number of rotatable bonds is 6. The van der Waals surface area contributed by atoms with Gasteiger partial charge < -0.3 is 39.7 Å². The summed E-state index contributed by atoms with van der Waals surface area (Å²) in [5.74, 6) is -3.70. The number of hydrogen-bond donors (Lipinski definition) is 5. The molecule has 14 nitrogen and oxygen atoms in total. The highest BCUT2D eigenvalue weighted by Crippen LogP contribution is 2.52. The molecule has 1 heterocycles. The smallest absolute Gasteiger partial charge is 0.202 e. The van der Waals surface area contributed by atoms with Gasteiger partial charge in [-0.25, -0.2) is 0 Å². The Bertz CT molecular complexity index is 1500. The summed E-state index contributed by atoms with van der Waals surface area (Å²) < 4.78 is 16.6. The van der Waals surface area contributed by atoms with Crippen LogP contribution in [0, 0.1) is 0 Å². The van der Waals surface area contributed by atoms with Crippen LogP contribution in [-0.2, 0) is 20.7 Å². The zero-order valence-electron chi connectivity index (χ0n) is 21.3. The van der Waals surface area contributed by atoms with Crippen LogP contribution in [0.4, 0.5) is 0 Å². The third-order valence-corrected chi connectivity index (χ3v) is 7.67. The summed E-state index contributed by atoms with van der Waals surface area (Å²) in [5, 5.41) is 58.1. The summed E-state index contributed by atoms with van der Waals surface area (Å²) >= 11 is 0. The second kappa shape index (κ2) is 9.86. The Morgan fingerprint density at radius 2 is 1.85 bits per heavy atom. The highest BCUT2D eigenvalue weighted by Gasteiger charge is 2.51. The van der Waals surface area contributed by atoms with E-state index in [9.17, 15) is 39.9 Å². The molecular weight excluding hydrogens is 530 g/mol. The zero-order chi connectivity index (χ0) is 29.1. The molecule has 2 aromatic rings. The van der Waals surface area contributed by atoms with Crippen LogP contribution in [0.2, 0.25) is 0 Å². The van der Waals surface area contributed by atoms with Crippen LogP contribution in [0.5, 0.6) is 17.2 Å². The number of aliphatic hydroxyl groups excluding tert-OH is 2. The van der Waals surface area contributed by atoms with E-state index in [1.807, 2.05) is 0 Å². The average molecular weight is 555 g/mol. The van der Waals surface area contributed by atoms with Gasteiger partial charge in [0, 0.05) is 34.4 Å². The Morgan fingerprint density at radius 1 is 1.15 bits per heavy atom. The fourth-order valence-corrected chi connectivity index (χ4v) is 5.56.